The third-order valence-electron chi connectivity index (χ3n) is 5.12. The number of ether oxygens (including phenoxy) is 1. The summed E-state index contributed by atoms with van der Waals surface area (Å²) in [6.07, 6.45) is 2.74. The second kappa shape index (κ2) is 7.62. The molecule has 0 spiro atoms. The van der Waals surface area contributed by atoms with Crippen LogP contribution < -0.4 is 5.73 Å². The first-order valence-corrected chi connectivity index (χ1v) is 10.7. The second-order valence-corrected chi connectivity index (χ2v) is 7.92. The monoisotopic (exact) mass is 421 g/mol. The first-order valence-electron chi connectivity index (χ1n) is 9.79. The number of nitrogens with zero attached hydrogens (tertiary/aromatic N) is 4. The van der Waals surface area contributed by atoms with Crippen LogP contribution in [-0.2, 0) is 11.2 Å². The van der Waals surface area contributed by atoms with E-state index in [4.69, 9.17) is 20.4 Å². The zero-order valence-corrected chi connectivity index (χ0v) is 17.2. The molecule has 0 bridgehead atoms. The molecule has 8 heteroatoms. The molecule has 1 unspecified atom stereocenters. The molecule has 0 saturated heterocycles. The Bertz CT molecular complexity index is 1240. The van der Waals surface area contributed by atoms with Crippen molar-refractivity contribution in [3.8, 4) is 11.3 Å². The van der Waals surface area contributed by atoms with E-state index in [1.54, 1.807) is 12.1 Å². The minimum absolute atomic E-state index is 0.268. The van der Waals surface area contributed by atoms with Crippen LogP contribution in [0.3, 0.4) is 0 Å². The van der Waals surface area contributed by atoms with E-state index in [9.17, 15) is 4.39 Å². The van der Waals surface area contributed by atoms with Gasteiger partial charge in [0.15, 0.2) is 0 Å². The average Bonchev–Trinajstić information content (AvgIpc) is 3.52. The van der Waals surface area contributed by atoms with Crippen molar-refractivity contribution in [2.45, 2.75) is 19.4 Å². The van der Waals surface area contributed by atoms with Crippen LogP contribution in [-0.4, -0.2) is 33.4 Å². The number of hydrogen-bond acceptors (Lipinski definition) is 6. The van der Waals surface area contributed by atoms with Crippen molar-refractivity contribution >= 4 is 22.9 Å². The van der Waals surface area contributed by atoms with E-state index in [0.717, 1.165) is 45.3 Å². The van der Waals surface area contributed by atoms with E-state index in [0.29, 0.717) is 19.0 Å². The molecule has 1 atom stereocenters. The highest BCUT2D eigenvalue weighted by Crippen LogP contribution is 2.30. The Kier molecular flexibility index (Phi) is 4.80. The fraction of sp³-hybridized carbons (Fsp3) is 0.227. The second-order valence-electron chi connectivity index (χ2n) is 7.03. The van der Waals surface area contributed by atoms with E-state index in [-0.39, 0.29) is 5.82 Å². The molecule has 4 heterocycles. The fourth-order valence-corrected chi connectivity index (χ4v) is 4.47. The lowest BCUT2D eigenvalue weighted by Gasteiger charge is -2.12. The van der Waals surface area contributed by atoms with Gasteiger partial charge < -0.3 is 14.9 Å². The molecule has 5 rings (SSSR count). The van der Waals surface area contributed by atoms with Crippen molar-refractivity contribution in [3.63, 3.8) is 0 Å². The summed E-state index contributed by atoms with van der Waals surface area (Å²) < 4.78 is 20.9. The minimum atomic E-state index is -0.434. The van der Waals surface area contributed by atoms with Crippen LogP contribution in [0.1, 0.15) is 34.9 Å². The Morgan fingerprint density at radius 3 is 2.70 bits per heavy atom. The molecule has 4 aromatic rings. The Balaban J connectivity index is 1.56. The number of halogens is 1. The van der Waals surface area contributed by atoms with Gasteiger partial charge in [-0.15, -0.1) is 11.3 Å². The van der Waals surface area contributed by atoms with E-state index in [1.165, 1.54) is 23.5 Å². The number of aromatic nitrogens is 3. The molecule has 3 aromatic heterocycles. The third kappa shape index (κ3) is 3.28. The molecule has 1 aromatic carbocycles. The van der Waals surface area contributed by atoms with E-state index in [1.807, 2.05) is 28.1 Å². The normalized spacial score (nSPS) is 14.7. The lowest BCUT2D eigenvalue weighted by Crippen LogP contribution is -2.16. The van der Waals surface area contributed by atoms with Gasteiger partial charge in [-0.25, -0.2) is 19.4 Å². The number of aliphatic imine (C=N–C) groups is 1. The smallest absolute Gasteiger partial charge is 0.217 e. The SMILES string of the molecule is CCc1nc2ccc(C3=NCCO3)cn2c1C(N)c1nc(-c2ccc(F)cc2)cs1. The van der Waals surface area contributed by atoms with Gasteiger partial charge in [-0.2, -0.15) is 0 Å². The molecule has 1 aliphatic heterocycles. The van der Waals surface area contributed by atoms with Crippen LogP contribution in [0.4, 0.5) is 4.39 Å². The van der Waals surface area contributed by atoms with Crippen molar-refractivity contribution in [2.24, 2.45) is 10.7 Å². The van der Waals surface area contributed by atoms with Gasteiger partial charge in [0.2, 0.25) is 5.90 Å². The van der Waals surface area contributed by atoms with Crippen LogP contribution in [0, 0.1) is 5.82 Å². The van der Waals surface area contributed by atoms with E-state index < -0.39 is 6.04 Å². The minimum Gasteiger partial charge on any atom is -0.475 e. The van der Waals surface area contributed by atoms with Crippen LogP contribution in [0.25, 0.3) is 16.9 Å². The van der Waals surface area contributed by atoms with Gasteiger partial charge in [0.25, 0.3) is 0 Å². The van der Waals surface area contributed by atoms with Crippen LogP contribution in [0.2, 0.25) is 0 Å². The summed E-state index contributed by atoms with van der Waals surface area (Å²) in [5, 5.41) is 2.73. The van der Waals surface area contributed by atoms with Gasteiger partial charge in [-0.1, -0.05) is 6.92 Å². The number of hydrogen-bond donors (Lipinski definition) is 1. The van der Waals surface area contributed by atoms with Gasteiger partial charge >= 0.3 is 0 Å². The van der Waals surface area contributed by atoms with Crippen molar-refractivity contribution in [1.29, 1.82) is 0 Å². The molecular weight excluding hydrogens is 401 g/mol. The van der Waals surface area contributed by atoms with Gasteiger partial charge in [0, 0.05) is 17.1 Å². The zero-order valence-electron chi connectivity index (χ0n) is 16.4. The Labute approximate surface area is 176 Å². The molecule has 2 N–H and O–H groups in total. The maximum Gasteiger partial charge on any atom is 0.217 e. The summed E-state index contributed by atoms with van der Waals surface area (Å²) in [6, 6.07) is 9.81. The van der Waals surface area contributed by atoms with Gasteiger partial charge in [-0.3, -0.25) is 0 Å². The number of thiazole rings is 1. The van der Waals surface area contributed by atoms with E-state index in [2.05, 4.69) is 11.9 Å². The number of benzene rings is 1. The number of rotatable bonds is 5. The quantitative estimate of drug-likeness (QED) is 0.529. The molecule has 0 fully saturated rings. The van der Waals surface area contributed by atoms with Crippen molar-refractivity contribution in [3.05, 3.63) is 75.8 Å². The standard InChI is InChI=1S/C22H20FN5OS/c1-2-16-20(28-11-14(5-8-18(28)26-16)21-25-9-10-29-21)19(24)22-27-17(12-30-22)13-3-6-15(23)7-4-13/h3-8,11-12,19H,2,9-10,24H2,1H3. The van der Waals surface area contributed by atoms with Crippen LogP contribution in [0.15, 0.2) is 53.0 Å². The lowest BCUT2D eigenvalue weighted by atomic mass is 10.1. The number of aryl methyl sites for hydroxylation is 1. The van der Waals surface area contributed by atoms with Crippen LogP contribution in [0.5, 0.6) is 0 Å². The molecular formula is C22H20FN5OS. The topological polar surface area (TPSA) is 77.8 Å². The largest absolute Gasteiger partial charge is 0.475 e. The Morgan fingerprint density at radius 1 is 1.17 bits per heavy atom. The van der Waals surface area contributed by atoms with Gasteiger partial charge in [0.05, 0.1) is 35.2 Å². The number of imidazole rings is 1. The molecule has 1 aliphatic rings. The number of pyridine rings is 1. The van der Waals surface area contributed by atoms with Crippen molar-refractivity contribution < 1.29 is 9.13 Å². The molecule has 30 heavy (non-hydrogen) atoms. The highest BCUT2D eigenvalue weighted by Gasteiger charge is 2.23. The highest BCUT2D eigenvalue weighted by atomic mass is 32.1. The third-order valence-corrected chi connectivity index (χ3v) is 6.05. The summed E-state index contributed by atoms with van der Waals surface area (Å²) in [5.74, 6) is 0.381. The molecule has 0 aliphatic carbocycles. The first-order chi connectivity index (χ1) is 14.6. The van der Waals surface area contributed by atoms with Crippen molar-refractivity contribution in [2.75, 3.05) is 13.2 Å². The maximum atomic E-state index is 13.2. The number of nitrogens with two attached hydrogens (primary N) is 1. The average molecular weight is 422 g/mol. The summed E-state index contributed by atoms with van der Waals surface area (Å²) in [5.41, 5.74) is 11.9. The van der Waals surface area contributed by atoms with Crippen LogP contribution >= 0.6 is 11.3 Å². The summed E-state index contributed by atoms with van der Waals surface area (Å²) in [6.45, 7) is 3.35. The summed E-state index contributed by atoms with van der Waals surface area (Å²) in [4.78, 5) is 13.9. The molecule has 152 valence electrons. The fourth-order valence-electron chi connectivity index (χ4n) is 3.64. The predicted molar refractivity (Wildman–Crippen MR) is 115 cm³/mol. The van der Waals surface area contributed by atoms with E-state index >= 15 is 0 Å². The maximum absolute atomic E-state index is 13.2. The summed E-state index contributed by atoms with van der Waals surface area (Å²) >= 11 is 1.49. The molecule has 0 radical (unpaired) electrons. The highest BCUT2D eigenvalue weighted by molar-refractivity contribution is 7.10. The first kappa shape index (κ1) is 18.9. The lowest BCUT2D eigenvalue weighted by molar-refractivity contribution is 0.348. The Morgan fingerprint density at radius 2 is 1.97 bits per heavy atom. The molecule has 6 nitrogen and oxygen atoms in total. The zero-order chi connectivity index (χ0) is 20.7. The molecule has 0 amide bonds. The van der Waals surface area contributed by atoms with Gasteiger partial charge in [-0.05, 0) is 42.8 Å². The summed E-state index contributed by atoms with van der Waals surface area (Å²) in [7, 11) is 0. The predicted octanol–water partition coefficient (Wildman–Crippen LogP) is 3.98. The number of fused-ring (bicyclic) bond motifs is 1. The molecule has 0 saturated carbocycles. The van der Waals surface area contributed by atoms with Gasteiger partial charge in [0.1, 0.15) is 23.1 Å². The Hall–Kier alpha value is -3.10. The van der Waals surface area contributed by atoms with Crippen molar-refractivity contribution in [1.82, 2.24) is 14.4 Å².